The van der Waals surface area contributed by atoms with Gasteiger partial charge in [-0.3, -0.25) is 0 Å². The zero-order chi connectivity index (χ0) is 56.5. The Labute approximate surface area is 506 Å². The Bertz CT molecular complexity index is 2980. The van der Waals surface area contributed by atoms with E-state index in [-0.39, 0.29) is 35.7 Å². The molecule has 18 atom stereocenters. The molecule has 5 nitrogen and oxygen atoms in total. The van der Waals surface area contributed by atoms with Crippen molar-refractivity contribution in [1.82, 2.24) is 9.80 Å². The molecule has 18 unspecified atom stereocenters. The highest BCUT2D eigenvalue weighted by atomic mass is 16.5. The van der Waals surface area contributed by atoms with E-state index in [1.807, 2.05) is 11.6 Å². The number of ether oxygens (including phenoxy) is 3. The lowest BCUT2D eigenvalue weighted by atomic mass is 9.56. The van der Waals surface area contributed by atoms with E-state index in [1.54, 1.807) is 11.3 Å². The number of hydrogen-bond donors (Lipinski definition) is 0. The summed E-state index contributed by atoms with van der Waals surface area (Å²) in [6.07, 6.45) is 85.2. The summed E-state index contributed by atoms with van der Waals surface area (Å²) in [7, 11) is 0. The van der Waals surface area contributed by atoms with E-state index >= 15 is 0 Å². The molecule has 8 heterocycles. The second kappa shape index (κ2) is 23.8. The highest BCUT2D eigenvalue weighted by molar-refractivity contribution is 5.46. The van der Waals surface area contributed by atoms with E-state index in [4.69, 9.17) is 14.2 Å². The predicted octanol–water partition coefficient (Wildman–Crippen LogP) is 18.5. The number of rotatable bonds is 9. The first-order valence-corrected chi connectivity index (χ1v) is 34.7. The van der Waals surface area contributed by atoms with Crippen molar-refractivity contribution in [3.8, 4) is 0 Å². The molecule has 20 rings (SSSR count). The summed E-state index contributed by atoms with van der Waals surface area (Å²) >= 11 is 0. The molecule has 0 aromatic heterocycles. The van der Waals surface area contributed by atoms with Crippen LogP contribution >= 0.6 is 0 Å². The van der Waals surface area contributed by atoms with E-state index in [9.17, 15) is 0 Å². The Morgan fingerprint density at radius 1 is 0.643 bits per heavy atom. The standard InChI is InChI=1S/C79H100N2O3/c1-5-51-23-38-60(39-24-51)82-62-42-31-54(32-43-62)68-47-59-37-45-66(68)65-18-11-10-17-64(65)53-27-33-56(34-28-53)79(3,4)72-50-75-71(70-48-63(83-61-40-25-52(6-2)26-41-61)44-46-73(70)81(75)57-15-8-7-9-16-57)49-69(72)55-29-35-58(36-30-55)80(59)74-20-14-22-77-78(74)67-19-12-13-21-76(67)84-77/h5-8,10,13-14,17,20-23,29,31-33,35-37,42,45,47,52-53,55,57,60-70,72-73,76-78H,1-2,9,11-12,15-16,18-19,24-28,30,34,38-41,43-44,46,48-50H2,3-4H3. The molecule has 0 amide bonds. The first-order valence-electron chi connectivity index (χ1n) is 34.7. The zero-order valence-electron chi connectivity index (χ0n) is 51.3. The van der Waals surface area contributed by atoms with Crippen LogP contribution in [-0.4, -0.2) is 58.5 Å². The Hall–Kier alpha value is -4.68. The molecule has 0 aromatic carbocycles. The maximum absolute atomic E-state index is 7.25. The molecule has 5 heteroatoms. The summed E-state index contributed by atoms with van der Waals surface area (Å²) in [5.74, 6) is 6.16. The van der Waals surface area contributed by atoms with Crippen molar-refractivity contribution in [3.05, 3.63) is 192 Å². The topological polar surface area (TPSA) is 34.2 Å². The van der Waals surface area contributed by atoms with E-state index < -0.39 is 0 Å². The van der Waals surface area contributed by atoms with Crippen molar-refractivity contribution < 1.29 is 14.2 Å². The van der Waals surface area contributed by atoms with Crippen LogP contribution in [0, 0.1) is 76.4 Å². The number of hydrogen-bond acceptors (Lipinski definition) is 5. The van der Waals surface area contributed by atoms with Gasteiger partial charge in [0, 0.05) is 58.5 Å². The molecule has 3 fully saturated rings. The third kappa shape index (κ3) is 10.5. The van der Waals surface area contributed by atoms with Crippen molar-refractivity contribution >= 4 is 0 Å². The molecule has 1 saturated heterocycles. The maximum Gasteiger partial charge on any atom is 0.0853 e. The zero-order valence-corrected chi connectivity index (χ0v) is 51.3. The Kier molecular flexibility index (Phi) is 15.8. The molecule has 0 N–H and O–H groups in total. The van der Waals surface area contributed by atoms with Gasteiger partial charge in [-0.25, -0.2) is 0 Å². The summed E-state index contributed by atoms with van der Waals surface area (Å²) < 4.78 is 21.1. The van der Waals surface area contributed by atoms with Crippen LogP contribution in [0.5, 0.6) is 0 Å². The molecule has 444 valence electrons. The molecule has 0 aromatic rings. The molecule has 2 saturated carbocycles. The van der Waals surface area contributed by atoms with Gasteiger partial charge >= 0.3 is 0 Å². The molecule has 0 radical (unpaired) electrons. The second-order valence-corrected chi connectivity index (χ2v) is 29.6. The van der Waals surface area contributed by atoms with Gasteiger partial charge in [-0.2, -0.15) is 0 Å². The van der Waals surface area contributed by atoms with Crippen LogP contribution in [0.25, 0.3) is 0 Å². The maximum atomic E-state index is 7.25. The van der Waals surface area contributed by atoms with Gasteiger partial charge in [0.15, 0.2) is 0 Å². The van der Waals surface area contributed by atoms with Gasteiger partial charge in [-0.1, -0.05) is 147 Å². The molecule has 20 aliphatic rings. The Morgan fingerprint density at radius 3 is 2.27 bits per heavy atom. The SMILES string of the molecule is C=CC1=CCC(OC2C=CC(C3C=C4C=CC3C3CCC=CC3C3CC=C(CC3)C(C)(C)C3CC5=C(CC3C3C=CC(=CC3)N4C3=CC=CC4OC6C=CCCC6C34)C3CC(OC4CCC(C=C)CC4)CCC3N5C3CC=CCC3)=CC2)CC1. The van der Waals surface area contributed by atoms with Crippen LogP contribution in [0.1, 0.15) is 168 Å². The molecule has 6 bridgehead atoms. The average molecular weight is 1130 g/mol. The summed E-state index contributed by atoms with van der Waals surface area (Å²) in [6, 6.07) is 1.24. The quantitative estimate of drug-likeness (QED) is 0.215. The first-order chi connectivity index (χ1) is 41.3. The van der Waals surface area contributed by atoms with Gasteiger partial charge in [0.2, 0.25) is 0 Å². The van der Waals surface area contributed by atoms with Crippen LogP contribution < -0.4 is 0 Å². The van der Waals surface area contributed by atoms with Crippen LogP contribution in [0.4, 0.5) is 0 Å². The Balaban J connectivity index is 0.806. The molecule has 0 spiro atoms. The van der Waals surface area contributed by atoms with Crippen molar-refractivity contribution in [2.24, 2.45) is 76.4 Å². The lowest BCUT2D eigenvalue weighted by Crippen LogP contribution is -2.46. The fourth-order valence-electron chi connectivity index (χ4n) is 20.6. The third-order valence-corrected chi connectivity index (χ3v) is 25.1. The summed E-state index contributed by atoms with van der Waals surface area (Å²) in [5, 5.41) is 0. The highest BCUT2D eigenvalue weighted by Gasteiger charge is 2.55. The fourth-order valence-corrected chi connectivity index (χ4v) is 20.6. The van der Waals surface area contributed by atoms with E-state index in [1.165, 1.54) is 144 Å². The van der Waals surface area contributed by atoms with Crippen LogP contribution in [-0.2, 0) is 14.2 Å². The van der Waals surface area contributed by atoms with E-state index in [2.05, 4.69) is 164 Å². The number of nitrogens with zero attached hydrogens (tertiary/aromatic N) is 2. The number of allylic oxidation sites excluding steroid dienone is 20. The highest BCUT2D eigenvalue weighted by Crippen LogP contribution is 2.61. The van der Waals surface area contributed by atoms with Crippen molar-refractivity contribution in [2.75, 3.05) is 0 Å². The van der Waals surface area contributed by atoms with Crippen molar-refractivity contribution in [3.63, 3.8) is 0 Å². The number of fused-ring (bicyclic) bond motifs is 5. The summed E-state index contributed by atoms with van der Waals surface area (Å²) in [6.45, 7) is 13.7. The minimum atomic E-state index is 0.0843. The average Bonchev–Trinajstić information content (AvgIpc) is 1.92. The largest absolute Gasteiger partial charge is 0.375 e. The molecule has 84 heavy (non-hydrogen) atoms. The van der Waals surface area contributed by atoms with Crippen LogP contribution in [0.15, 0.2) is 192 Å². The third-order valence-electron chi connectivity index (χ3n) is 25.1. The fraction of sp³-hybridized carbons (Fsp3) is 0.595. The normalized spacial score (nSPS) is 42.7. The van der Waals surface area contributed by atoms with Gasteiger partial charge in [0.1, 0.15) is 0 Å². The summed E-state index contributed by atoms with van der Waals surface area (Å²) in [4.78, 5) is 5.90. The van der Waals surface area contributed by atoms with Crippen molar-refractivity contribution in [2.45, 2.75) is 217 Å². The molecular formula is C79H100N2O3. The summed E-state index contributed by atoms with van der Waals surface area (Å²) in [5.41, 5.74) is 12.5. The smallest absolute Gasteiger partial charge is 0.0853 e. The molecule has 8 aliphatic heterocycles. The lowest BCUT2D eigenvalue weighted by molar-refractivity contribution is -0.0646. The van der Waals surface area contributed by atoms with E-state index in [0.29, 0.717) is 89.4 Å². The first kappa shape index (κ1) is 55.9. The molecular weight excluding hydrogens is 1020 g/mol. The van der Waals surface area contributed by atoms with Gasteiger partial charge in [0.25, 0.3) is 0 Å². The van der Waals surface area contributed by atoms with Gasteiger partial charge in [0.05, 0.1) is 36.6 Å². The van der Waals surface area contributed by atoms with Gasteiger partial charge < -0.3 is 24.0 Å². The van der Waals surface area contributed by atoms with Crippen molar-refractivity contribution in [1.29, 1.82) is 0 Å². The van der Waals surface area contributed by atoms with Gasteiger partial charge in [-0.05, 0) is 236 Å². The second-order valence-electron chi connectivity index (χ2n) is 29.6. The van der Waals surface area contributed by atoms with E-state index in [0.717, 1.165) is 38.5 Å². The minimum Gasteiger partial charge on any atom is -0.375 e. The van der Waals surface area contributed by atoms with Gasteiger partial charge in [-0.15, -0.1) is 6.58 Å². The minimum absolute atomic E-state index is 0.0843. The van der Waals surface area contributed by atoms with Crippen LogP contribution in [0.2, 0.25) is 0 Å². The predicted molar refractivity (Wildman–Crippen MR) is 344 cm³/mol. The Morgan fingerprint density at radius 2 is 1.50 bits per heavy atom. The van der Waals surface area contributed by atoms with Crippen LogP contribution in [0.3, 0.4) is 0 Å². The lowest BCUT2D eigenvalue weighted by Gasteiger charge is -2.50. The molecule has 12 aliphatic carbocycles. The monoisotopic (exact) mass is 1120 g/mol.